The van der Waals surface area contributed by atoms with Crippen molar-refractivity contribution in [2.24, 2.45) is 0 Å². The van der Waals surface area contributed by atoms with Crippen LogP contribution in [0.2, 0.25) is 5.02 Å². The molecule has 0 radical (unpaired) electrons. The van der Waals surface area contributed by atoms with E-state index < -0.39 is 32.2 Å². The van der Waals surface area contributed by atoms with E-state index in [-0.39, 0.29) is 18.1 Å². The van der Waals surface area contributed by atoms with Crippen molar-refractivity contribution in [1.29, 1.82) is 0 Å². The lowest BCUT2D eigenvalue weighted by atomic mass is 10.0. The zero-order chi connectivity index (χ0) is 15.1. The van der Waals surface area contributed by atoms with Crippen LogP contribution < -0.4 is 5.32 Å². The van der Waals surface area contributed by atoms with Gasteiger partial charge in [0.1, 0.15) is 16.3 Å². The van der Waals surface area contributed by atoms with Crippen LogP contribution in [-0.2, 0) is 14.8 Å². The molecule has 2 rings (SSSR count). The van der Waals surface area contributed by atoms with Crippen molar-refractivity contribution in [3.63, 3.8) is 0 Å². The summed E-state index contributed by atoms with van der Waals surface area (Å²) in [6.07, 6.45) is 0. The van der Waals surface area contributed by atoms with Gasteiger partial charge in [-0.05, 0) is 32.0 Å². The van der Waals surface area contributed by atoms with Crippen LogP contribution in [0.5, 0.6) is 0 Å². The summed E-state index contributed by atoms with van der Waals surface area (Å²) >= 11 is 5.62. The second-order valence-corrected chi connectivity index (χ2v) is 7.23. The van der Waals surface area contributed by atoms with Crippen LogP contribution in [0, 0.1) is 5.82 Å². The summed E-state index contributed by atoms with van der Waals surface area (Å²) in [6.45, 7) is 3.24. The number of amides is 1. The van der Waals surface area contributed by atoms with Crippen molar-refractivity contribution < 1.29 is 17.6 Å². The lowest BCUT2D eigenvalue weighted by Crippen LogP contribution is -2.63. The van der Waals surface area contributed by atoms with Crippen molar-refractivity contribution in [2.45, 2.75) is 24.3 Å². The van der Waals surface area contributed by atoms with Gasteiger partial charge in [0.15, 0.2) is 0 Å². The van der Waals surface area contributed by atoms with E-state index >= 15 is 0 Å². The fraction of sp³-hybridized carbons (Fsp3) is 0.417. The highest BCUT2D eigenvalue weighted by atomic mass is 35.5. The summed E-state index contributed by atoms with van der Waals surface area (Å²) in [5.41, 5.74) is -1.27. The first-order valence-corrected chi connectivity index (χ1v) is 7.75. The van der Waals surface area contributed by atoms with Crippen LogP contribution in [0.4, 0.5) is 4.39 Å². The molecule has 1 fully saturated rings. The average Bonchev–Trinajstić information content (AvgIpc) is 2.31. The Morgan fingerprint density at radius 3 is 2.65 bits per heavy atom. The number of nitrogens with zero attached hydrogens (tertiary/aromatic N) is 1. The fourth-order valence-electron chi connectivity index (χ4n) is 2.10. The molecule has 1 aliphatic heterocycles. The van der Waals surface area contributed by atoms with Gasteiger partial charge in [-0.3, -0.25) is 4.79 Å². The third kappa shape index (κ3) is 2.41. The first kappa shape index (κ1) is 15.2. The molecule has 0 spiro atoms. The molecule has 1 heterocycles. The number of rotatable bonds is 2. The molecule has 0 bridgehead atoms. The molecule has 1 amide bonds. The number of carbonyl (C=O) groups is 1. The van der Waals surface area contributed by atoms with E-state index in [1.54, 1.807) is 0 Å². The summed E-state index contributed by atoms with van der Waals surface area (Å²) in [7, 11) is -4.11. The molecule has 0 unspecified atom stereocenters. The first-order valence-electron chi connectivity index (χ1n) is 5.93. The topological polar surface area (TPSA) is 66.5 Å². The maximum Gasteiger partial charge on any atom is 0.247 e. The SMILES string of the molecule is CC1(C)C(=O)NCCN1S(=O)(=O)c1ccc(Cl)cc1F. The van der Waals surface area contributed by atoms with Gasteiger partial charge in [0, 0.05) is 18.1 Å². The van der Waals surface area contributed by atoms with Crippen molar-refractivity contribution in [3.05, 3.63) is 29.0 Å². The maximum atomic E-state index is 13.9. The lowest BCUT2D eigenvalue weighted by Gasteiger charge is -2.39. The second kappa shape index (κ2) is 4.98. The quantitative estimate of drug-likeness (QED) is 0.895. The Balaban J connectivity index is 2.52. The van der Waals surface area contributed by atoms with Gasteiger partial charge >= 0.3 is 0 Å². The molecule has 110 valence electrons. The molecule has 0 saturated carbocycles. The van der Waals surface area contributed by atoms with Gasteiger partial charge in [0.05, 0.1) is 0 Å². The van der Waals surface area contributed by atoms with Crippen molar-refractivity contribution in [3.8, 4) is 0 Å². The molecule has 1 aliphatic rings. The molecule has 20 heavy (non-hydrogen) atoms. The van der Waals surface area contributed by atoms with Gasteiger partial charge in [-0.1, -0.05) is 11.6 Å². The molecule has 0 atom stereocenters. The zero-order valence-electron chi connectivity index (χ0n) is 11.0. The zero-order valence-corrected chi connectivity index (χ0v) is 12.6. The van der Waals surface area contributed by atoms with E-state index in [2.05, 4.69) is 5.32 Å². The van der Waals surface area contributed by atoms with Crippen molar-refractivity contribution in [1.82, 2.24) is 9.62 Å². The predicted octanol–water partition coefficient (Wildman–Crippen LogP) is 1.38. The van der Waals surface area contributed by atoms with Crippen molar-refractivity contribution >= 4 is 27.5 Å². The third-order valence-corrected chi connectivity index (χ3v) is 5.58. The number of sulfonamides is 1. The number of piperazine rings is 1. The summed E-state index contributed by atoms with van der Waals surface area (Å²) in [4.78, 5) is 11.3. The van der Waals surface area contributed by atoms with Gasteiger partial charge in [-0.25, -0.2) is 12.8 Å². The molecule has 1 saturated heterocycles. The van der Waals surface area contributed by atoms with Gasteiger partial charge in [0.2, 0.25) is 15.9 Å². The fourth-order valence-corrected chi connectivity index (χ4v) is 4.06. The summed E-state index contributed by atoms with van der Waals surface area (Å²) in [6, 6.07) is 3.34. The van der Waals surface area contributed by atoms with E-state index in [9.17, 15) is 17.6 Å². The van der Waals surface area contributed by atoms with E-state index in [1.165, 1.54) is 19.9 Å². The number of nitrogens with one attached hydrogen (secondary N) is 1. The minimum atomic E-state index is -4.11. The van der Waals surface area contributed by atoms with Crippen LogP contribution >= 0.6 is 11.6 Å². The molecule has 1 aromatic carbocycles. The Kier molecular flexibility index (Phi) is 3.79. The van der Waals surface area contributed by atoms with E-state index in [4.69, 9.17) is 11.6 Å². The Morgan fingerprint density at radius 2 is 2.05 bits per heavy atom. The average molecular weight is 321 g/mol. The number of benzene rings is 1. The maximum absolute atomic E-state index is 13.9. The number of hydrogen-bond acceptors (Lipinski definition) is 3. The van der Waals surface area contributed by atoms with Crippen LogP contribution in [0.15, 0.2) is 23.1 Å². The highest BCUT2D eigenvalue weighted by Gasteiger charge is 2.45. The molecule has 0 aromatic heterocycles. The Bertz CT molecular complexity index is 661. The van der Waals surface area contributed by atoms with Crippen LogP contribution in [-0.4, -0.2) is 37.3 Å². The first-order chi connectivity index (χ1) is 9.17. The minimum Gasteiger partial charge on any atom is -0.353 e. The Morgan fingerprint density at radius 1 is 1.40 bits per heavy atom. The number of carbonyl (C=O) groups excluding carboxylic acids is 1. The largest absolute Gasteiger partial charge is 0.353 e. The molecular weight excluding hydrogens is 307 g/mol. The monoisotopic (exact) mass is 320 g/mol. The minimum absolute atomic E-state index is 0.0864. The molecule has 1 N–H and O–H groups in total. The third-order valence-electron chi connectivity index (χ3n) is 3.24. The van der Waals surface area contributed by atoms with Gasteiger partial charge in [-0.15, -0.1) is 0 Å². The number of halogens is 2. The molecule has 1 aromatic rings. The summed E-state index contributed by atoms with van der Waals surface area (Å²) in [5.74, 6) is -1.35. The van der Waals surface area contributed by atoms with E-state index in [0.29, 0.717) is 0 Å². The van der Waals surface area contributed by atoms with Gasteiger partial charge in [-0.2, -0.15) is 4.31 Å². The number of hydrogen-bond donors (Lipinski definition) is 1. The smallest absolute Gasteiger partial charge is 0.247 e. The highest BCUT2D eigenvalue weighted by molar-refractivity contribution is 7.89. The van der Waals surface area contributed by atoms with Crippen LogP contribution in [0.1, 0.15) is 13.8 Å². The van der Waals surface area contributed by atoms with Crippen LogP contribution in [0.3, 0.4) is 0 Å². The van der Waals surface area contributed by atoms with E-state index in [0.717, 1.165) is 16.4 Å². The molecule has 8 heteroatoms. The Labute approximate surface area is 121 Å². The van der Waals surface area contributed by atoms with Gasteiger partial charge < -0.3 is 5.32 Å². The summed E-state index contributed by atoms with van der Waals surface area (Å²) < 4.78 is 40.0. The summed E-state index contributed by atoms with van der Waals surface area (Å²) in [5, 5.41) is 2.70. The van der Waals surface area contributed by atoms with Crippen LogP contribution in [0.25, 0.3) is 0 Å². The normalized spacial score (nSPS) is 19.7. The highest BCUT2D eigenvalue weighted by Crippen LogP contribution is 2.29. The van der Waals surface area contributed by atoms with Crippen molar-refractivity contribution in [2.75, 3.05) is 13.1 Å². The van der Waals surface area contributed by atoms with Gasteiger partial charge in [0.25, 0.3) is 0 Å². The standard InChI is InChI=1S/C12H14ClFN2O3S/c1-12(2)11(17)15-5-6-16(12)20(18,19)10-4-3-8(13)7-9(10)14/h3-4,7H,5-6H2,1-2H3,(H,15,17). The predicted molar refractivity (Wildman–Crippen MR) is 72.4 cm³/mol. The second-order valence-electron chi connectivity index (χ2n) is 4.97. The molecular formula is C12H14ClFN2O3S. The van der Waals surface area contributed by atoms with E-state index in [1.807, 2.05) is 0 Å². The molecule has 5 nitrogen and oxygen atoms in total. The Hall–Kier alpha value is -1.18. The lowest BCUT2D eigenvalue weighted by molar-refractivity contribution is -0.131. The molecule has 0 aliphatic carbocycles.